The number of rotatable bonds is 8. The van der Waals surface area contributed by atoms with E-state index in [0.29, 0.717) is 12.3 Å². The van der Waals surface area contributed by atoms with Crippen LogP contribution < -0.4 is 4.74 Å². The molecule has 6 nitrogen and oxygen atoms in total. The first-order chi connectivity index (χ1) is 14.7. The minimum absolute atomic E-state index is 0.107. The van der Waals surface area contributed by atoms with Crippen molar-refractivity contribution in [3.8, 4) is 5.75 Å². The normalized spacial score (nSPS) is 17.0. The second kappa shape index (κ2) is 9.59. The first-order valence-corrected chi connectivity index (χ1v) is 10.3. The summed E-state index contributed by atoms with van der Waals surface area (Å²) in [4.78, 5) is 17.8. The van der Waals surface area contributed by atoms with Crippen LogP contribution in [0, 0.1) is 0 Å². The van der Waals surface area contributed by atoms with Crippen LogP contribution in [0.15, 0.2) is 65.2 Å². The molecule has 3 aromatic rings. The second-order valence-corrected chi connectivity index (χ2v) is 7.60. The van der Waals surface area contributed by atoms with Crippen molar-refractivity contribution in [2.75, 3.05) is 13.2 Å². The van der Waals surface area contributed by atoms with Crippen LogP contribution in [-0.2, 0) is 17.8 Å². The van der Waals surface area contributed by atoms with Crippen molar-refractivity contribution in [2.24, 2.45) is 0 Å². The summed E-state index contributed by atoms with van der Waals surface area (Å²) in [6.07, 6.45) is 5.80. The molecule has 1 aromatic heterocycles. The first kappa shape index (κ1) is 20.2. The Morgan fingerprint density at radius 2 is 1.93 bits per heavy atom. The third-order valence-electron chi connectivity index (χ3n) is 5.39. The Hall–Kier alpha value is -3.12. The molecule has 2 aromatic carbocycles. The number of piperidine rings is 1. The number of oxazole rings is 1. The highest BCUT2D eigenvalue weighted by molar-refractivity contribution is 5.68. The Bertz CT molecular complexity index is 970. The van der Waals surface area contributed by atoms with E-state index >= 15 is 0 Å². The molecular formula is C24H26N2O4. The predicted octanol–water partition coefficient (Wildman–Crippen LogP) is 4.46. The number of aromatic nitrogens is 1. The summed E-state index contributed by atoms with van der Waals surface area (Å²) >= 11 is 0. The summed E-state index contributed by atoms with van der Waals surface area (Å²) in [5.74, 6) is 1.25. The lowest BCUT2D eigenvalue weighted by Gasteiger charge is -2.34. The minimum atomic E-state index is -0.980. The quantitative estimate of drug-likeness (QED) is 0.595. The van der Waals surface area contributed by atoms with Gasteiger partial charge in [-0.25, -0.2) is 9.78 Å². The van der Waals surface area contributed by atoms with Crippen LogP contribution in [0.25, 0.3) is 0 Å². The Morgan fingerprint density at radius 1 is 1.13 bits per heavy atom. The number of ether oxygens (including phenoxy) is 1. The van der Waals surface area contributed by atoms with E-state index in [1.165, 1.54) is 5.56 Å². The average Bonchev–Trinajstić information content (AvgIpc) is 3.22. The van der Waals surface area contributed by atoms with Crippen LogP contribution in [0.5, 0.6) is 5.75 Å². The van der Waals surface area contributed by atoms with Gasteiger partial charge in [0, 0.05) is 18.5 Å². The molecule has 0 saturated carbocycles. The van der Waals surface area contributed by atoms with Crippen molar-refractivity contribution in [3.05, 3.63) is 83.6 Å². The molecule has 0 amide bonds. The van der Waals surface area contributed by atoms with Gasteiger partial charge in [0.15, 0.2) is 6.61 Å². The second-order valence-electron chi connectivity index (χ2n) is 7.60. The largest absolute Gasteiger partial charge is 0.482 e. The summed E-state index contributed by atoms with van der Waals surface area (Å²) in [6.45, 7) is 1.26. The number of hydrogen-bond acceptors (Lipinski definition) is 5. The fourth-order valence-corrected chi connectivity index (χ4v) is 3.95. The maximum Gasteiger partial charge on any atom is 0.341 e. The maximum absolute atomic E-state index is 10.9. The lowest BCUT2D eigenvalue weighted by atomic mass is 10.0. The monoisotopic (exact) mass is 406 g/mol. The number of para-hydroxylation sites is 1. The van der Waals surface area contributed by atoms with E-state index in [9.17, 15) is 4.79 Å². The van der Waals surface area contributed by atoms with Crippen molar-refractivity contribution in [1.82, 2.24) is 9.88 Å². The van der Waals surface area contributed by atoms with Crippen LogP contribution in [-0.4, -0.2) is 34.1 Å². The lowest BCUT2D eigenvalue weighted by molar-refractivity contribution is -0.139. The van der Waals surface area contributed by atoms with E-state index in [2.05, 4.69) is 22.0 Å². The van der Waals surface area contributed by atoms with E-state index < -0.39 is 5.97 Å². The number of carbonyl (C=O) groups is 1. The third-order valence-corrected chi connectivity index (χ3v) is 5.39. The highest BCUT2D eigenvalue weighted by Crippen LogP contribution is 2.33. The number of carboxylic acid groups (broad SMARTS) is 1. The molecule has 1 saturated heterocycles. The number of likely N-dealkylation sites (tertiary alicyclic amines) is 1. The summed E-state index contributed by atoms with van der Waals surface area (Å²) in [6, 6.07) is 18.0. The van der Waals surface area contributed by atoms with Gasteiger partial charge in [0.05, 0.1) is 12.2 Å². The van der Waals surface area contributed by atoms with Crippen LogP contribution in [0.2, 0.25) is 0 Å². The smallest absolute Gasteiger partial charge is 0.341 e. The maximum atomic E-state index is 10.9. The lowest BCUT2D eigenvalue weighted by Crippen LogP contribution is -2.33. The molecule has 0 aliphatic carbocycles. The van der Waals surface area contributed by atoms with Gasteiger partial charge < -0.3 is 14.3 Å². The van der Waals surface area contributed by atoms with Crippen LogP contribution in [0.3, 0.4) is 0 Å². The highest BCUT2D eigenvalue weighted by Gasteiger charge is 2.28. The number of benzene rings is 2. The van der Waals surface area contributed by atoms with E-state index in [4.69, 9.17) is 14.3 Å². The molecule has 0 radical (unpaired) electrons. The van der Waals surface area contributed by atoms with Crippen molar-refractivity contribution < 1.29 is 19.1 Å². The summed E-state index contributed by atoms with van der Waals surface area (Å²) in [7, 11) is 0. The molecule has 6 heteroatoms. The molecule has 0 bridgehead atoms. The minimum Gasteiger partial charge on any atom is -0.482 e. The van der Waals surface area contributed by atoms with E-state index in [1.54, 1.807) is 0 Å². The molecule has 156 valence electrons. The van der Waals surface area contributed by atoms with E-state index in [-0.39, 0.29) is 12.6 Å². The number of carboxylic acids is 1. The van der Waals surface area contributed by atoms with Crippen molar-refractivity contribution in [3.63, 3.8) is 0 Å². The molecule has 30 heavy (non-hydrogen) atoms. The third kappa shape index (κ3) is 5.07. The standard InChI is InChI=1S/C24H26N2O4/c27-23(28)17-29-22-12-5-4-10-19(22)16-26-13-7-6-11-21(26)24-25-15-20(30-24)14-18-8-2-1-3-9-18/h1-5,8-10,12,15,21H,6-7,11,13-14,16-17H2,(H,27,28)/t21-/m1/s1. The highest BCUT2D eigenvalue weighted by atomic mass is 16.5. The molecule has 1 aliphatic rings. The zero-order valence-corrected chi connectivity index (χ0v) is 16.9. The Balaban J connectivity index is 1.48. The molecule has 0 spiro atoms. The molecule has 2 heterocycles. The molecule has 0 unspecified atom stereocenters. The SMILES string of the molecule is O=C(O)COc1ccccc1CN1CCCC[C@@H]1c1ncc(Cc2ccccc2)o1. The topological polar surface area (TPSA) is 75.8 Å². The van der Waals surface area contributed by atoms with Gasteiger partial charge in [-0.3, -0.25) is 4.90 Å². The van der Waals surface area contributed by atoms with Gasteiger partial charge in [-0.2, -0.15) is 0 Å². The molecule has 1 fully saturated rings. The van der Waals surface area contributed by atoms with Gasteiger partial charge in [-0.1, -0.05) is 55.0 Å². The Labute approximate surface area is 176 Å². The van der Waals surface area contributed by atoms with Crippen molar-refractivity contribution >= 4 is 5.97 Å². The number of aliphatic carboxylic acids is 1. The Kier molecular flexibility index (Phi) is 6.44. The van der Waals surface area contributed by atoms with E-state index in [1.807, 2.05) is 48.7 Å². The zero-order chi connectivity index (χ0) is 20.8. The van der Waals surface area contributed by atoms with Crippen molar-refractivity contribution in [1.29, 1.82) is 0 Å². The van der Waals surface area contributed by atoms with Crippen LogP contribution in [0.4, 0.5) is 0 Å². The first-order valence-electron chi connectivity index (χ1n) is 10.3. The van der Waals surface area contributed by atoms with Crippen molar-refractivity contribution in [2.45, 2.75) is 38.3 Å². The van der Waals surface area contributed by atoms with Gasteiger partial charge in [0.1, 0.15) is 11.5 Å². The van der Waals surface area contributed by atoms with Gasteiger partial charge in [0.2, 0.25) is 5.89 Å². The van der Waals surface area contributed by atoms with E-state index in [0.717, 1.165) is 49.4 Å². The average molecular weight is 406 g/mol. The summed E-state index contributed by atoms with van der Waals surface area (Å²) < 4.78 is 11.6. The summed E-state index contributed by atoms with van der Waals surface area (Å²) in [5.41, 5.74) is 2.17. The molecule has 1 atom stereocenters. The molecule has 1 aliphatic heterocycles. The van der Waals surface area contributed by atoms with Gasteiger partial charge >= 0.3 is 5.97 Å². The molecule has 4 rings (SSSR count). The fourth-order valence-electron chi connectivity index (χ4n) is 3.95. The zero-order valence-electron chi connectivity index (χ0n) is 16.9. The fraction of sp³-hybridized carbons (Fsp3) is 0.333. The predicted molar refractivity (Wildman–Crippen MR) is 112 cm³/mol. The number of nitrogens with zero attached hydrogens (tertiary/aromatic N) is 2. The number of hydrogen-bond donors (Lipinski definition) is 1. The van der Waals surface area contributed by atoms with Gasteiger partial charge in [-0.05, 0) is 31.0 Å². The van der Waals surface area contributed by atoms with Crippen LogP contribution in [0.1, 0.15) is 48.1 Å². The molecule has 1 N–H and O–H groups in total. The Morgan fingerprint density at radius 3 is 2.77 bits per heavy atom. The molecular weight excluding hydrogens is 380 g/mol. The van der Waals surface area contributed by atoms with Gasteiger partial charge in [0.25, 0.3) is 0 Å². The van der Waals surface area contributed by atoms with Crippen LogP contribution >= 0.6 is 0 Å². The summed E-state index contributed by atoms with van der Waals surface area (Å²) in [5, 5.41) is 8.93. The van der Waals surface area contributed by atoms with Gasteiger partial charge in [-0.15, -0.1) is 0 Å².